The first kappa shape index (κ1) is 18.8. The van der Waals surface area contributed by atoms with Crippen molar-refractivity contribution >= 4 is 0 Å². The van der Waals surface area contributed by atoms with E-state index in [0.717, 1.165) is 17.1 Å². The van der Waals surface area contributed by atoms with Crippen molar-refractivity contribution in [1.82, 2.24) is 4.90 Å². The molecule has 1 N–H and O–H groups in total. The highest BCUT2D eigenvalue weighted by atomic mass is 16.5. The normalized spacial score (nSPS) is 16.8. The maximum Gasteiger partial charge on any atom is 0.123 e. The fraction of sp³-hybridized carbons (Fsp3) is 0.600. The lowest BCUT2D eigenvalue weighted by Gasteiger charge is -2.32. The van der Waals surface area contributed by atoms with E-state index in [1.165, 1.54) is 32.1 Å². The van der Waals surface area contributed by atoms with Gasteiger partial charge in [-0.25, -0.2) is 0 Å². The summed E-state index contributed by atoms with van der Waals surface area (Å²) in [6.45, 7) is 4.74. The second-order valence-corrected chi connectivity index (χ2v) is 6.66. The van der Waals surface area contributed by atoms with E-state index in [2.05, 4.69) is 18.5 Å². The number of likely N-dealkylation sites (N-methyl/N-ethyl adjacent to an activating group) is 1. The number of hydrogen-bond acceptors (Lipinski definition) is 4. The molecule has 0 bridgehead atoms. The minimum atomic E-state index is -0.490. The third-order valence-corrected chi connectivity index (χ3v) is 4.76. The predicted molar refractivity (Wildman–Crippen MR) is 97.9 cm³/mol. The van der Waals surface area contributed by atoms with Crippen LogP contribution in [0, 0.1) is 0 Å². The Bertz CT molecular complexity index is 512. The lowest BCUT2D eigenvalue weighted by Crippen LogP contribution is -2.40. The van der Waals surface area contributed by atoms with Crippen LogP contribution >= 0.6 is 0 Å². The molecule has 1 aliphatic carbocycles. The van der Waals surface area contributed by atoms with Gasteiger partial charge in [0.05, 0.1) is 7.11 Å². The van der Waals surface area contributed by atoms with Gasteiger partial charge in [-0.3, -0.25) is 0 Å². The monoisotopic (exact) mass is 333 g/mol. The van der Waals surface area contributed by atoms with E-state index < -0.39 is 6.10 Å². The van der Waals surface area contributed by atoms with Crippen molar-refractivity contribution in [2.45, 2.75) is 50.7 Å². The number of hydrogen-bond donors (Lipinski definition) is 1. The summed E-state index contributed by atoms with van der Waals surface area (Å²) in [5.74, 6) is 1.59. The summed E-state index contributed by atoms with van der Waals surface area (Å²) in [5.41, 5.74) is 1.03. The van der Waals surface area contributed by atoms with Crippen LogP contribution in [0.1, 0.15) is 37.7 Å². The van der Waals surface area contributed by atoms with Crippen molar-refractivity contribution in [2.24, 2.45) is 0 Å². The number of allylic oxidation sites excluding steroid dienone is 1. The van der Waals surface area contributed by atoms with Crippen LogP contribution in [0.3, 0.4) is 0 Å². The van der Waals surface area contributed by atoms with Gasteiger partial charge in [0.1, 0.15) is 24.2 Å². The molecule has 4 nitrogen and oxygen atoms in total. The summed E-state index contributed by atoms with van der Waals surface area (Å²) < 4.78 is 11.1. The molecule has 1 saturated carbocycles. The molecule has 1 aromatic rings. The molecule has 1 aliphatic rings. The molecule has 0 spiro atoms. The summed E-state index contributed by atoms with van der Waals surface area (Å²) in [4.78, 5) is 2.28. The van der Waals surface area contributed by atoms with Crippen LogP contribution in [-0.2, 0) is 6.42 Å². The predicted octanol–water partition coefficient (Wildman–Crippen LogP) is 3.43. The lowest BCUT2D eigenvalue weighted by atomic mass is 9.94. The van der Waals surface area contributed by atoms with Gasteiger partial charge in [-0.2, -0.15) is 0 Å². The molecule has 4 heteroatoms. The fourth-order valence-electron chi connectivity index (χ4n) is 3.38. The van der Waals surface area contributed by atoms with Crippen molar-refractivity contribution in [3.05, 3.63) is 36.4 Å². The number of benzene rings is 1. The molecule has 134 valence electrons. The zero-order chi connectivity index (χ0) is 17.4. The van der Waals surface area contributed by atoms with Crippen molar-refractivity contribution in [3.63, 3.8) is 0 Å². The molecule has 24 heavy (non-hydrogen) atoms. The molecule has 0 aromatic heterocycles. The number of rotatable bonds is 9. The van der Waals surface area contributed by atoms with Gasteiger partial charge in [0, 0.05) is 18.2 Å². The first-order chi connectivity index (χ1) is 11.6. The molecule has 0 amide bonds. The second kappa shape index (κ2) is 9.70. The molecule has 0 aliphatic heterocycles. The maximum atomic E-state index is 10.3. The SMILES string of the molecule is C=CCc1cc(OC)ccc1OC[C@H](O)CN(C)C1CCCCC1. The molecule has 0 unspecified atom stereocenters. The van der Waals surface area contributed by atoms with Gasteiger partial charge in [0.2, 0.25) is 0 Å². The zero-order valence-corrected chi connectivity index (χ0v) is 15.0. The molecule has 1 fully saturated rings. The fourth-order valence-corrected chi connectivity index (χ4v) is 3.38. The van der Waals surface area contributed by atoms with E-state index in [1.54, 1.807) is 7.11 Å². The third kappa shape index (κ3) is 5.53. The van der Waals surface area contributed by atoms with Gasteiger partial charge in [-0.15, -0.1) is 6.58 Å². The van der Waals surface area contributed by atoms with E-state index in [1.807, 2.05) is 24.3 Å². The standard InChI is InChI=1S/C20H31NO3/c1-4-8-16-13-19(23-3)11-12-20(16)24-15-18(22)14-21(2)17-9-6-5-7-10-17/h4,11-13,17-18,22H,1,5-10,14-15H2,2-3H3/t18-/m1/s1. The molecule has 1 aromatic carbocycles. The number of aliphatic hydroxyl groups excluding tert-OH is 1. The summed E-state index contributed by atoms with van der Waals surface area (Å²) in [6, 6.07) is 6.33. The Morgan fingerprint density at radius 1 is 1.33 bits per heavy atom. The number of nitrogens with zero attached hydrogens (tertiary/aromatic N) is 1. The van der Waals surface area contributed by atoms with Crippen molar-refractivity contribution in [1.29, 1.82) is 0 Å². The average Bonchev–Trinajstić information content (AvgIpc) is 2.61. The molecular weight excluding hydrogens is 302 g/mol. The van der Waals surface area contributed by atoms with E-state index in [0.29, 0.717) is 25.6 Å². The van der Waals surface area contributed by atoms with E-state index >= 15 is 0 Å². The maximum absolute atomic E-state index is 10.3. The minimum absolute atomic E-state index is 0.299. The van der Waals surface area contributed by atoms with Crippen LogP contribution < -0.4 is 9.47 Å². The zero-order valence-electron chi connectivity index (χ0n) is 15.0. The van der Waals surface area contributed by atoms with E-state index in [4.69, 9.17) is 9.47 Å². The lowest BCUT2D eigenvalue weighted by molar-refractivity contribution is 0.0559. The topological polar surface area (TPSA) is 41.9 Å². The quantitative estimate of drug-likeness (QED) is 0.703. The van der Waals surface area contributed by atoms with Crippen LogP contribution in [0.15, 0.2) is 30.9 Å². The summed E-state index contributed by atoms with van der Waals surface area (Å²) in [6.07, 6.45) is 8.50. The highest BCUT2D eigenvalue weighted by molar-refractivity contribution is 5.41. The van der Waals surface area contributed by atoms with Crippen LogP contribution in [0.4, 0.5) is 0 Å². The molecule has 2 rings (SSSR count). The van der Waals surface area contributed by atoms with Gasteiger partial charge >= 0.3 is 0 Å². The van der Waals surface area contributed by atoms with Crippen molar-refractivity contribution in [3.8, 4) is 11.5 Å². The molecule has 0 heterocycles. The van der Waals surface area contributed by atoms with Gasteiger partial charge < -0.3 is 19.5 Å². The van der Waals surface area contributed by atoms with Crippen LogP contribution in [0.2, 0.25) is 0 Å². The summed E-state index contributed by atoms with van der Waals surface area (Å²) in [7, 11) is 3.76. The van der Waals surface area contributed by atoms with Crippen molar-refractivity contribution < 1.29 is 14.6 Å². The minimum Gasteiger partial charge on any atom is -0.497 e. The van der Waals surface area contributed by atoms with Gasteiger partial charge in [0.15, 0.2) is 0 Å². The second-order valence-electron chi connectivity index (χ2n) is 6.66. The Hall–Kier alpha value is -1.52. The van der Waals surface area contributed by atoms with Gasteiger partial charge in [-0.05, 0) is 44.5 Å². The Kier molecular flexibility index (Phi) is 7.60. The molecule has 0 saturated heterocycles. The Labute approximate surface area is 146 Å². The molecular formula is C20H31NO3. The highest BCUT2D eigenvalue weighted by Gasteiger charge is 2.20. The average molecular weight is 333 g/mol. The highest BCUT2D eigenvalue weighted by Crippen LogP contribution is 2.25. The largest absolute Gasteiger partial charge is 0.497 e. The van der Waals surface area contributed by atoms with Crippen LogP contribution in [0.5, 0.6) is 11.5 Å². The summed E-state index contributed by atoms with van der Waals surface area (Å²) >= 11 is 0. The number of aliphatic hydroxyl groups is 1. The summed E-state index contributed by atoms with van der Waals surface area (Å²) in [5, 5.41) is 10.3. The third-order valence-electron chi connectivity index (χ3n) is 4.76. The first-order valence-electron chi connectivity index (χ1n) is 8.93. The molecule has 0 radical (unpaired) electrons. The first-order valence-corrected chi connectivity index (χ1v) is 8.93. The van der Waals surface area contributed by atoms with Crippen LogP contribution in [-0.4, -0.2) is 49.5 Å². The number of methoxy groups -OCH3 is 1. The van der Waals surface area contributed by atoms with Gasteiger partial charge in [-0.1, -0.05) is 25.3 Å². The number of ether oxygens (including phenoxy) is 2. The Balaban J connectivity index is 1.86. The van der Waals surface area contributed by atoms with Crippen LogP contribution in [0.25, 0.3) is 0 Å². The molecule has 1 atom stereocenters. The Morgan fingerprint density at radius 2 is 2.08 bits per heavy atom. The Morgan fingerprint density at radius 3 is 2.75 bits per heavy atom. The van der Waals surface area contributed by atoms with Gasteiger partial charge in [0.25, 0.3) is 0 Å². The van der Waals surface area contributed by atoms with E-state index in [9.17, 15) is 5.11 Å². The smallest absolute Gasteiger partial charge is 0.123 e. The van der Waals surface area contributed by atoms with E-state index in [-0.39, 0.29) is 0 Å². The van der Waals surface area contributed by atoms with Crippen molar-refractivity contribution in [2.75, 3.05) is 27.3 Å².